The summed E-state index contributed by atoms with van der Waals surface area (Å²) >= 11 is 7.01. The number of nitrogens with one attached hydrogen (secondary N) is 4. The maximum Gasteiger partial charge on any atom is 0.350 e. The SMILES string of the molecule is CCN/C(=C(/F)C(C)=N)c1nc(-c2nc(Cl)cc(NC)c2C=N)c(C(=O)OC)s1. The average molecular weight is 439 g/mol. The molecule has 0 bridgehead atoms. The van der Waals surface area contributed by atoms with Crippen LogP contribution in [0, 0.1) is 10.8 Å². The number of ether oxygens (including phenoxy) is 1. The molecule has 29 heavy (non-hydrogen) atoms. The molecule has 4 N–H and O–H groups in total. The molecule has 0 aliphatic rings. The van der Waals surface area contributed by atoms with Crippen molar-refractivity contribution in [2.24, 2.45) is 0 Å². The summed E-state index contributed by atoms with van der Waals surface area (Å²) in [5.74, 6) is -1.47. The summed E-state index contributed by atoms with van der Waals surface area (Å²) in [6, 6.07) is 1.54. The van der Waals surface area contributed by atoms with E-state index in [1.54, 1.807) is 20.0 Å². The Kier molecular flexibility index (Phi) is 7.40. The lowest BCUT2D eigenvalue weighted by Crippen LogP contribution is -2.14. The van der Waals surface area contributed by atoms with E-state index in [-0.39, 0.29) is 37.8 Å². The number of methoxy groups -OCH3 is 1. The van der Waals surface area contributed by atoms with Crippen LogP contribution in [0.25, 0.3) is 17.1 Å². The van der Waals surface area contributed by atoms with Crippen LogP contribution < -0.4 is 10.6 Å². The van der Waals surface area contributed by atoms with Gasteiger partial charge in [-0.15, -0.1) is 11.3 Å². The van der Waals surface area contributed by atoms with Crippen LogP contribution in [0.3, 0.4) is 0 Å². The average Bonchev–Trinajstić information content (AvgIpc) is 3.14. The first-order chi connectivity index (χ1) is 13.8. The predicted molar refractivity (Wildman–Crippen MR) is 114 cm³/mol. The van der Waals surface area contributed by atoms with Gasteiger partial charge in [0.1, 0.15) is 32.1 Å². The van der Waals surface area contributed by atoms with Crippen molar-refractivity contribution >= 4 is 52.2 Å². The molecule has 11 heteroatoms. The Balaban J connectivity index is 2.85. The molecule has 0 saturated carbocycles. The zero-order valence-corrected chi connectivity index (χ0v) is 17.8. The summed E-state index contributed by atoms with van der Waals surface area (Å²) in [5.41, 5.74) is 0.883. The maximum atomic E-state index is 14.6. The van der Waals surface area contributed by atoms with Crippen LogP contribution in [0.5, 0.6) is 0 Å². The number of rotatable bonds is 8. The molecule has 2 aromatic rings. The molecule has 0 saturated heterocycles. The second-order valence-corrected chi connectivity index (χ2v) is 7.07. The van der Waals surface area contributed by atoms with Crippen LogP contribution in [-0.4, -0.2) is 48.6 Å². The molecule has 2 heterocycles. The van der Waals surface area contributed by atoms with Gasteiger partial charge in [0.05, 0.1) is 12.8 Å². The van der Waals surface area contributed by atoms with Crippen molar-refractivity contribution in [2.75, 3.05) is 26.0 Å². The normalized spacial score (nSPS) is 11.5. The number of esters is 1. The number of aromatic nitrogens is 2. The highest BCUT2D eigenvalue weighted by atomic mass is 35.5. The monoisotopic (exact) mass is 438 g/mol. The second kappa shape index (κ2) is 9.57. The van der Waals surface area contributed by atoms with Crippen LogP contribution >= 0.6 is 22.9 Å². The fourth-order valence-electron chi connectivity index (χ4n) is 2.49. The molecule has 8 nitrogen and oxygen atoms in total. The van der Waals surface area contributed by atoms with E-state index >= 15 is 0 Å². The zero-order valence-electron chi connectivity index (χ0n) is 16.2. The summed E-state index contributed by atoms with van der Waals surface area (Å²) in [4.78, 5) is 21.1. The topological polar surface area (TPSA) is 124 Å². The number of pyridine rings is 1. The van der Waals surface area contributed by atoms with Crippen molar-refractivity contribution in [3.8, 4) is 11.4 Å². The number of carbonyl (C=O) groups is 1. The molecule has 0 aliphatic carbocycles. The molecule has 0 radical (unpaired) electrons. The Morgan fingerprint density at radius 1 is 1.41 bits per heavy atom. The van der Waals surface area contributed by atoms with Gasteiger partial charge in [-0.2, -0.15) is 0 Å². The van der Waals surface area contributed by atoms with Gasteiger partial charge in [-0.3, -0.25) is 0 Å². The van der Waals surface area contributed by atoms with E-state index in [0.29, 0.717) is 17.8 Å². The molecular weight excluding hydrogens is 419 g/mol. The molecule has 2 rings (SSSR count). The molecular formula is C18H20ClFN6O2S. The van der Waals surface area contributed by atoms with Crippen LogP contribution in [0.1, 0.15) is 34.1 Å². The first-order valence-corrected chi connectivity index (χ1v) is 9.66. The van der Waals surface area contributed by atoms with Crippen molar-refractivity contribution in [1.82, 2.24) is 15.3 Å². The quantitative estimate of drug-likeness (QED) is 0.281. The predicted octanol–water partition coefficient (Wildman–Crippen LogP) is 3.97. The molecule has 2 aromatic heterocycles. The van der Waals surface area contributed by atoms with Gasteiger partial charge in [-0.05, 0) is 19.9 Å². The van der Waals surface area contributed by atoms with Gasteiger partial charge >= 0.3 is 5.97 Å². The van der Waals surface area contributed by atoms with Crippen molar-refractivity contribution in [2.45, 2.75) is 13.8 Å². The van der Waals surface area contributed by atoms with E-state index < -0.39 is 11.8 Å². The van der Waals surface area contributed by atoms with Gasteiger partial charge in [0, 0.05) is 31.1 Å². The molecule has 154 valence electrons. The number of halogens is 2. The highest BCUT2D eigenvalue weighted by Gasteiger charge is 2.27. The van der Waals surface area contributed by atoms with Gasteiger partial charge in [-0.1, -0.05) is 11.6 Å². The lowest BCUT2D eigenvalue weighted by molar-refractivity contribution is 0.0607. The van der Waals surface area contributed by atoms with Gasteiger partial charge in [0.2, 0.25) is 0 Å². The lowest BCUT2D eigenvalue weighted by Gasteiger charge is -2.10. The third-order valence-electron chi connectivity index (χ3n) is 3.78. The smallest absolute Gasteiger partial charge is 0.350 e. The minimum absolute atomic E-state index is 0.00586. The van der Waals surface area contributed by atoms with Crippen molar-refractivity contribution in [3.05, 3.63) is 32.5 Å². The summed E-state index contributed by atoms with van der Waals surface area (Å²) < 4.78 is 19.4. The van der Waals surface area contributed by atoms with E-state index in [4.69, 9.17) is 27.2 Å². The number of thiazole rings is 1. The fourth-order valence-corrected chi connectivity index (χ4v) is 3.68. The van der Waals surface area contributed by atoms with Crippen LogP contribution in [-0.2, 0) is 4.74 Å². The van der Waals surface area contributed by atoms with E-state index in [0.717, 1.165) is 17.6 Å². The third kappa shape index (κ3) is 4.60. The minimum atomic E-state index is -0.786. The molecule has 0 aliphatic heterocycles. The van der Waals surface area contributed by atoms with E-state index in [1.165, 1.54) is 14.0 Å². The Labute approximate surface area is 176 Å². The second-order valence-electron chi connectivity index (χ2n) is 5.68. The molecule has 0 aromatic carbocycles. The highest BCUT2D eigenvalue weighted by molar-refractivity contribution is 7.15. The zero-order chi connectivity index (χ0) is 21.7. The Morgan fingerprint density at radius 2 is 2.10 bits per heavy atom. The van der Waals surface area contributed by atoms with Crippen molar-refractivity contribution in [1.29, 1.82) is 10.8 Å². The lowest BCUT2D eigenvalue weighted by atomic mass is 10.1. The summed E-state index contributed by atoms with van der Waals surface area (Å²) in [6.07, 6.45) is 1.06. The van der Waals surface area contributed by atoms with Crippen LogP contribution in [0.15, 0.2) is 11.9 Å². The minimum Gasteiger partial charge on any atom is -0.465 e. The summed E-state index contributed by atoms with van der Waals surface area (Å²) in [5, 5.41) is 21.4. The van der Waals surface area contributed by atoms with Gasteiger partial charge in [0.25, 0.3) is 0 Å². The Bertz CT molecular complexity index is 1000. The summed E-state index contributed by atoms with van der Waals surface area (Å²) in [6.45, 7) is 3.46. The fraction of sp³-hybridized carbons (Fsp3) is 0.278. The molecule has 0 spiro atoms. The number of allylic oxidation sites excluding steroid dienone is 1. The van der Waals surface area contributed by atoms with Gasteiger partial charge in [0.15, 0.2) is 5.83 Å². The molecule has 0 atom stereocenters. The molecule has 0 amide bonds. The molecule has 0 unspecified atom stereocenters. The number of nitrogens with zero attached hydrogens (tertiary/aromatic N) is 2. The number of hydrogen-bond acceptors (Lipinski definition) is 9. The first kappa shape index (κ1) is 22.4. The molecule has 0 fully saturated rings. The Hall–Kier alpha value is -2.85. The van der Waals surface area contributed by atoms with E-state index in [1.807, 2.05) is 0 Å². The standard InChI is InChI=1S/C18H20ClFN6O2S/c1-5-24-14(12(20)8(2)22)17-26-15(16(29-17)18(27)28-4)13-9(7-21)10(23-3)6-11(19)25-13/h6-7,21-22,24H,5H2,1-4H3,(H,23,25)/b14-12+,21-7?,22-8?. The highest BCUT2D eigenvalue weighted by Crippen LogP contribution is 2.36. The van der Waals surface area contributed by atoms with Gasteiger partial charge in [-0.25, -0.2) is 19.2 Å². The first-order valence-electron chi connectivity index (χ1n) is 8.46. The van der Waals surface area contributed by atoms with Crippen LogP contribution in [0.2, 0.25) is 5.15 Å². The van der Waals surface area contributed by atoms with Crippen LogP contribution in [0.4, 0.5) is 10.1 Å². The van der Waals surface area contributed by atoms with Crippen molar-refractivity contribution < 1.29 is 13.9 Å². The van der Waals surface area contributed by atoms with E-state index in [9.17, 15) is 9.18 Å². The third-order valence-corrected chi connectivity index (χ3v) is 5.03. The van der Waals surface area contributed by atoms with Crippen molar-refractivity contribution in [3.63, 3.8) is 0 Å². The number of hydrogen-bond donors (Lipinski definition) is 4. The van der Waals surface area contributed by atoms with E-state index in [2.05, 4.69) is 20.6 Å². The van der Waals surface area contributed by atoms with Gasteiger partial charge < -0.3 is 26.2 Å². The largest absolute Gasteiger partial charge is 0.465 e. The number of carbonyl (C=O) groups excluding carboxylic acids is 1. The maximum absolute atomic E-state index is 14.6. The Morgan fingerprint density at radius 3 is 2.62 bits per heavy atom. The number of anilines is 1. The summed E-state index contributed by atoms with van der Waals surface area (Å²) in [7, 11) is 2.88.